The molecular formula is C24H25Cl2N5O2S. The van der Waals surface area contributed by atoms with Crippen molar-refractivity contribution in [2.75, 3.05) is 11.1 Å². The first-order chi connectivity index (χ1) is 16.3. The van der Waals surface area contributed by atoms with Crippen molar-refractivity contribution in [2.45, 2.75) is 31.6 Å². The van der Waals surface area contributed by atoms with Gasteiger partial charge in [-0.2, -0.15) is 0 Å². The molecule has 0 saturated carbocycles. The van der Waals surface area contributed by atoms with Gasteiger partial charge in [0.05, 0.1) is 33.1 Å². The zero-order valence-electron chi connectivity index (χ0n) is 18.8. The van der Waals surface area contributed by atoms with E-state index in [9.17, 15) is 9.59 Å². The van der Waals surface area contributed by atoms with E-state index < -0.39 is 6.04 Å². The summed E-state index contributed by atoms with van der Waals surface area (Å²) >= 11 is 13.5. The zero-order chi connectivity index (χ0) is 24.7. The van der Waals surface area contributed by atoms with Crippen molar-refractivity contribution in [1.82, 2.24) is 20.1 Å². The minimum absolute atomic E-state index is 0.0144. The van der Waals surface area contributed by atoms with E-state index >= 15 is 0 Å². The van der Waals surface area contributed by atoms with Crippen molar-refractivity contribution in [2.24, 2.45) is 5.92 Å². The monoisotopic (exact) mass is 517 g/mol. The molecule has 0 bridgehead atoms. The van der Waals surface area contributed by atoms with E-state index in [1.165, 1.54) is 11.8 Å². The van der Waals surface area contributed by atoms with Crippen molar-refractivity contribution in [3.63, 3.8) is 0 Å². The number of para-hydroxylation sites is 1. The average Bonchev–Trinajstić information content (AvgIpc) is 3.20. The largest absolute Gasteiger partial charge is 0.342 e. The third kappa shape index (κ3) is 6.40. The Morgan fingerprint density at radius 2 is 1.76 bits per heavy atom. The summed E-state index contributed by atoms with van der Waals surface area (Å²) in [4.78, 5) is 25.4. The van der Waals surface area contributed by atoms with Crippen LogP contribution in [0.25, 0.3) is 0 Å². The highest BCUT2D eigenvalue weighted by Crippen LogP contribution is 2.27. The number of anilines is 1. The maximum Gasteiger partial charge on any atom is 0.253 e. The molecule has 0 aliphatic heterocycles. The van der Waals surface area contributed by atoms with E-state index in [0.29, 0.717) is 38.8 Å². The molecule has 10 heteroatoms. The Bertz CT molecular complexity index is 1180. The SMILES string of the molecule is C=CCn1c(SCC(=O)Nc2ccccc2Cl)nnc1[C@H](NC(=O)c1ccccc1Cl)C(C)C. The second kappa shape index (κ2) is 12.1. The summed E-state index contributed by atoms with van der Waals surface area (Å²) < 4.78 is 1.85. The molecule has 2 amide bonds. The molecule has 178 valence electrons. The summed E-state index contributed by atoms with van der Waals surface area (Å²) in [5, 5.41) is 15.8. The van der Waals surface area contributed by atoms with E-state index in [-0.39, 0.29) is 23.5 Å². The summed E-state index contributed by atoms with van der Waals surface area (Å²) in [6.45, 7) is 8.20. The molecule has 2 aromatic carbocycles. The lowest BCUT2D eigenvalue weighted by Gasteiger charge is -2.23. The van der Waals surface area contributed by atoms with E-state index in [0.717, 1.165) is 0 Å². The topological polar surface area (TPSA) is 88.9 Å². The lowest BCUT2D eigenvalue weighted by atomic mass is 10.0. The van der Waals surface area contributed by atoms with Gasteiger partial charge in [-0.25, -0.2) is 0 Å². The quantitative estimate of drug-likeness (QED) is 0.268. The lowest BCUT2D eigenvalue weighted by molar-refractivity contribution is -0.113. The molecule has 2 N–H and O–H groups in total. The number of allylic oxidation sites excluding steroid dienone is 1. The van der Waals surface area contributed by atoms with E-state index in [1.807, 2.05) is 18.4 Å². The van der Waals surface area contributed by atoms with Crippen LogP contribution in [0.2, 0.25) is 10.0 Å². The molecule has 3 aromatic rings. The first kappa shape index (κ1) is 25.8. The Morgan fingerprint density at radius 1 is 1.09 bits per heavy atom. The Balaban J connectivity index is 1.77. The van der Waals surface area contributed by atoms with Gasteiger partial charge in [-0.1, -0.05) is 79.2 Å². The zero-order valence-corrected chi connectivity index (χ0v) is 21.1. The molecule has 0 saturated heterocycles. The molecule has 0 aliphatic carbocycles. The first-order valence-corrected chi connectivity index (χ1v) is 12.3. The summed E-state index contributed by atoms with van der Waals surface area (Å²) in [7, 11) is 0. The molecule has 1 atom stereocenters. The van der Waals surface area contributed by atoms with Gasteiger partial charge in [0.2, 0.25) is 5.91 Å². The minimum atomic E-state index is -0.428. The van der Waals surface area contributed by atoms with Gasteiger partial charge in [-0.3, -0.25) is 9.59 Å². The fraction of sp³-hybridized carbons (Fsp3) is 0.250. The van der Waals surface area contributed by atoms with Crippen LogP contribution in [0.4, 0.5) is 5.69 Å². The van der Waals surface area contributed by atoms with Gasteiger partial charge in [0.15, 0.2) is 11.0 Å². The molecular weight excluding hydrogens is 493 g/mol. The molecule has 34 heavy (non-hydrogen) atoms. The number of hydrogen-bond acceptors (Lipinski definition) is 5. The number of nitrogens with zero attached hydrogens (tertiary/aromatic N) is 3. The lowest BCUT2D eigenvalue weighted by Crippen LogP contribution is -2.34. The van der Waals surface area contributed by atoms with E-state index in [4.69, 9.17) is 23.2 Å². The maximum atomic E-state index is 12.9. The number of thioether (sulfide) groups is 1. The van der Waals surface area contributed by atoms with Crippen LogP contribution >= 0.6 is 35.0 Å². The molecule has 0 aliphatic rings. The van der Waals surface area contributed by atoms with Crippen LogP contribution < -0.4 is 10.6 Å². The van der Waals surface area contributed by atoms with Gasteiger partial charge >= 0.3 is 0 Å². The fourth-order valence-electron chi connectivity index (χ4n) is 3.21. The number of rotatable bonds is 10. The first-order valence-electron chi connectivity index (χ1n) is 10.6. The summed E-state index contributed by atoms with van der Waals surface area (Å²) in [5.74, 6) is 0.176. The second-order valence-corrected chi connectivity index (χ2v) is 9.49. The molecule has 0 unspecified atom stereocenters. The molecule has 1 aromatic heterocycles. The highest BCUT2D eigenvalue weighted by atomic mass is 35.5. The third-order valence-corrected chi connectivity index (χ3v) is 6.51. The summed E-state index contributed by atoms with van der Waals surface area (Å²) in [6.07, 6.45) is 1.72. The van der Waals surface area contributed by atoms with Crippen molar-refractivity contribution in [3.05, 3.63) is 82.6 Å². The van der Waals surface area contributed by atoms with Crippen molar-refractivity contribution in [1.29, 1.82) is 0 Å². The maximum absolute atomic E-state index is 12.9. The number of amides is 2. The summed E-state index contributed by atoms with van der Waals surface area (Å²) in [5.41, 5.74) is 0.931. The number of aromatic nitrogens is 3. The van der Waals surface area contributed by atoms with E-state index in [2.05, 4.69) is 27.4 Å². The Kier molecular flexibility index (Phi) is 9.15. The fourth-order valence-corrected chi connectivity index (χ4v) is 4.37. The van der Waals surface area contributed by atoms with Gasteiger partial charge < -0.3 is 15.2 Å². The van der Waals surface area contributed by atoms with E-state index in [1.54, 1.807) is 54.6 Å². The average molecular weight is 518 g/mol. The van der Waals surface area contributed by atoms with Crippen molar-refractivity contribution in [3.8, 4) is 0 Å². The van der Waals surface area contributed by atoms with Gasteiger partial charge in [0, 0.05) is 6.54 Å². The van der Waals surface area contributed by atoms with Gasteiger partial charge in [-0.15, -0.1) is 16.8 Å². The number of benzene rings is 2. The predicted octanol–water partition coefficient (Wildman–Crippen LogP) is 5.63. The predicted molar refractivity (Wildman–Crippen MR) is 138 cm³/mol. The highest BCUT2D eigenvalue weighted by Gasteiger charge is 2.27. The number of carbonyl (C=O) groups excluding carboxylic acids is 2. The van der Waals surface area contributed by atoms with Crippen molar-refractivity contribution >= 4 is 52.5 Å². The van der Waals surface area contributed by atoms with Crippen LogP contribution in [-0.4, -0.2) is 32.3 Å². The van der Waals surface area contributed by atoms with Crippen LogP contribution in [0, 0.1) is 5.92 Å². The third-order valence-electron chi connectivity index (χ3n) is 4.89. The van der Waals surface area contributed by atoms with Crippen LogP contribution in [0.1, 0.15) is 36.1 Å². The number of halogens is 2. The molecule has 0 spiro atoms. The minimum Gasteiger partial charge on any atom is -0.342 e. The Hall–Kier alpha value is -2.81. The number of carbonyl (C=O) groups is 2. The summed E-state index contributed by atoms with van der Waals surface area (Å²) in [6, 6.07) is 13.5. The molecule has 7 nitrogen and oxygen atoms in total. The van der Waals surface area contributed by atoms with Crippen LogP contribution in [0.15, 0.2) is 66.3 Å². The number of nitrogens with one attached hydrogen (secondary N) is 2. The smallest absolute Gasteiger partial charge is 0.253 e. The number of hydrogen-bond donors (Lipinski definition) is 2. The molecule has 0 fully saturated rings. The van der Waals surface area contributed by atoms with Gasteiger partial charge in [0.25, 0.3) is 5.91 Å². The molecule has 3 rings (SSSR count). The van der Waals surface area contributed by atoms with Crippen LogP contribution in [0.3, 0.4) is 0 Å². The van der Waals surface area contributed by atoms with Gasteiger partial charge in [0.1, 0.15) is 0 Å². The highest BCUT2D eigenvalue weighted by molar-refractivity contribution is 7.99. The second-order valence-electron chi connectivity index (χ2n) is 7.73. The Labute approximate surface area is 212 Å². The Morgan fingerprint density at radius 3 is 2.41 bits per heavy atom. The standard InChI is InChI=1S/C24H25Cl2N5O2S/c1-4-13-31-22(21(15(2)3)28-23(33)16-9-5-6-10-17(16)25)29-30-24(31)34-14-20(32)27-19-12-8-7-11-18(19)26/h4-12,15,21H,1,13-14H2,2-3H3,(H,27,32)(H,28,33)/t21-/m1/s1. The molecule has 0 radical (unpaired) electrons. The molecule has 1 heterocycles. The normalized spacial score (nSPS) is 11.8. The van der Waals surface area contributed by atoms with Gasteiger partial charge in [-0.05, 0) is 30.2 Å². The van der Waals surface area contributed by atoms with Crippen LogP contribution in [-0.2, 0) is 11.3 Å². The van der Waals surface area contributed by atoms with Crippen LogP contribution in [0.5, 0.6) is 0 Å². The van der Waals surface area contributed by atoms with Crippen molar-refractivity contribution < 1.29 is 9.59 Å².